The second-order valence-electron chi connectivity index (χ2n) is 5.47. The van der Waals surface area contributed by atoms with E-state index in [0.29, 0.717) is 0 Å². The third-order valence-electron chi connectivity index (χ3n) is 3.84. The minimum Gasteiger partial charge on any atom is -0.337 e. The molecule has 0 aromatic heterocycles. The van der Waals surface area contributed by atoms with Gasteiger partial charge in [0, 0.05) is 19.1 Å². The van der Waals surface area contributed by atoms with Crippen LogP contribution in [0.4, 0.5) is 0 Å². The molecule has 20 heavy (non-hydrogen) atoms. The van der Waals surface area contributed by atoms with Crippen molar-refractivity contribution >= 4 is 5.91 Å². The first-order valence-electron chi connectivity index (χ1n) is 7.07. The van der Waals surface area contributed by atoms with Crippen LogP contribution in [0.3, 0.4) is 0 Å². The summed E-state index contributed by atoms with van der Waals surface area (Å²) in [4.78, 5) is 16.8. The van der Waals surface area contributed by atoms with Crippen LogP contribution in [0.5, 0.6) is 0 Å². The Kier molecular flexibility index (Phi) is 4.75. The van der Waals surface area contributed by atoms with Crippen LogP contribution >= 0.6 is 0 Å². The molecule has 1 fully saturated rings. The molecule has 1 aliphatic rings. The summed E-state index contributed by atoms with van der Waals surface area (Å²) >= 11 is 0. The maximum atomic E-state index is 12.7. The van der Waals surface area contributed by atoms with Crippen LogP contribution in [0.1, 0.15) is 24.8 Å². The zero-order valence-corrected chi connectivity index (χ0v) is 12.1. The third-order valence-corrected chi connectivity index (χ3v) is 3.84. The Morgan fingerprint density at radius 3 is 2.70 bits per heavy atom. The van der Waals surface area contributed by atoms with E-state index in [1.807, 2.05) is 35.2 Å². The van der Waals surface area contributed by atoms with Gasteiger partial charge < -0.3 is 9.80 Å². The number of hydrogen-bond acceptors (Lipinski definition) is 3. The highest BCUT2D eigenvalue weighted by Crippen LogP contribution is 2.20. The monoisotopic (exact) mass is 271 g/mol. The first-order valence-corrected chi connectivity index (χ1v) is 7.07. The van der Waals surface area contributed by atoms with E-state index in [0.717, 1.165) is 31.6 Å². The molecule has 0 aliphatic carbocycles. The quantitative estimate of drug-likeness (QED) is 0.824. The lowest BCUT2D eigenvalue weighted by atomic mass is 9.98. The SMILES string of the molecule is CC1CN(C)CCCN1C(=O)C(C#N)c1ccccc1. The summed E-state index contributed by atoms with van der Waals surface area (Å²) in [7, 11) is 2.07. The Hall–Kier alpha value is -1.86. The van der Waals surface area contributed by atoms with Crippen molar-refractivity contribution in [2.75, 3.05) is 26.7 Å². The molecule has 0 radical (unpaired) electrons. The third kappa shape index (κ3) is 3.17. The fourth-order valence-electron chi connectivity index (χ4n) is 2.78. The number of hydrogen-bond donors (Lipinski definition) is 0. The second-order valence-corrected chi connectivity index (χ2v) is 5.47. The molecule has 1 heterocycles. The van der Waals surface area contributed by atoms with Gasteiger partial charge in [0.25, 0.3) is 0 Å². The van der Waals surface area contributed by atoms with E-state index in [1.54, 1.807) is 0 Å². The molecule has 106 valence electrons. The molecule has 0 spiro atoms. The number of carbonyl (C=O) groups excluding carboxylic acids is 1. The summed E-state index contributed by atoms with van der Waals surface area (Å²) in [5, 5.41) is 9.38. The average molecular weight is 271 g/mol. The fourth-order valence-corrected chi connectivity index (χ4v) is 2.78. The van der Waals surface area contributed by atoms with Gasteiger partial charge in [0.2, 0.25) is 5.91 Å². The van der Waals surface area contributed by atoms with Crippen molar-refractivity contribution in [1.82, 2.24) is 9.80 Å². The molecular formula is C16H21N3O. The largest absolute Gasteiger partial charge is 0.337 e. The van der Waals surface area contributed by atoms with Crippen LogP contribution in [-0.4, -0.2) is 48.4 Å². The van der Waals surface area contributed by atoms with Gasteiger partial charge in [-0.25, -0.2) is 0 Å². The zero-order chi connectivity index (χ0) is 14.5. The highest BCUT2D eigenvalue weighted by atomic mass is 16.2. The molecule has 1 aromatic rings. The Morgan fingerprint density at radius 2 is 2.05 bits per heavy atom. The van der Waals surface area contributed by atoms with E-state index >= 15 is 0 Å². The summed E-state index contributed by atoms with van der Waals surface area (Å²) in [5.41, 5.74) is 0.782. The van der Waals surface area contributed by atoms with E-state index < -0.39 is 5.92 Å². The van der Waals surface area contributed by atoms with Gasteiger partial charge in [0.05, 0.1) is 6.07 Å². The van der Waals surface area contributed by atoms with Crippen molar-refractivity contribution in [2.45, 2.75) is 25.3 Å². The van der Waals surface area contributed by atoms with Gasteiger partial charge in [-0.05, 0) is 32.5 Å². The minimum atomic E-state index is -0.693. The molecule has 2 unspecified atom stereocenters. The first-order chi connectivity index (χ1) is 9.63. The van der Waals surface area contributed by atoms with Crippen molar-refractivity contribution in [1.29, 1.82) is 5.26 Å². The Morgan fingerprint density at radius 1 is 1.35 bits per heavy atom. The van der Waals surface area contributed by atoms with Crippen LogP contribution in [0.25, 0.3) is 0 Å². The normalized spacial score (nSPS) is 21.9. The minimum absolute atomic E-state index is 0.0681. The summed E-state index contributed by atoms with van der Waals surface area (Å²) in [6.07, 6.45) is 0.958. The van der Waals surface area contributed by atoms with Crippen LogP contribution in [0.15, 0.2) is 30.3 Å². The Balaban J connectivity index is 2.18. The van der Waals surface area contributed by atoms with E-state index in [-0.39, 0.29) is 11.9 Å². The van der Waals surface area contributed by atoms with E-state index in [1.165, 1.54) is 0 Å². The Bertz CT molecular complexity index is 494. The van der Waals surface area contributed by atoms with Gasteiger partial charge in [0.1, 0.15) is 5.92 Å². The lowest BCUT2D eigenvalue weighted by molar-refractivity contribution is -0.133. The molecule has 1 saturated heterocycles. The standard InChI is InChI=1S/C16H21N3O/c1-13-12-18(2)9-6-10-19(13)16(20)15(11-17)14-7-4-3-5-8-14/h3-5,7-8,13,15H,6,9-10,12H2,1-2H3. The number of nitriles is 1. The number of amides is 1. The van der Waals surface area contributed by atoms with Crippen molar-refractivity contribution in [2.24, 2.45) is 0 Å². The first kappa shape index (κ1) is 14.5. The van der Waals surface area contributed by atoms with Crippen LogP contribution in [0, 0.1) is 11.3 Å². The highest BCUT2D eigenvalue weighted by molar-refractivity contribution is 5.86. The van der Waals surface area contributed by atoms with Crippen molar-refractivity contribution in [3.05, 3.63) is 35.9 Å². The molecule has 4 heteroatoms. The Labute approximate surface area is 120 Å². The molecule has 0 N–H and O–H groups in total. The molecule has 0 saturated carbocycles. The van der Waals surface area contributed by atoms with Gasteiger partial charge in [-0.2, -0.15) is 5.26 Å². The van der Waals surface area contributed by atoms with Gasteiger partial charge in [-0.3, -0.25) is 4.79 Å². The summed E-state index contributed by atoms with van der Waals surface area (Å²) in [6, 6.07) is 11.6. The summed E-state index contributed by atoms with van der Waals surface area (Å²) < 4.78 is 0. The maximum absolute atomic E-state index is 12.7. The van der Waals surface area contributed by atoms with Crippen molar-refractivity contribution in [3.8, 4) is 6.07 Å². The lowest BCUT2D eigenvalue weighted by Crippen LogP contribution is -2.44. The topological polar surface area (TPSA) is 47.3 Å². The number of rotatable bonds is 2. The smallest absolute Gasteiger partial charge is 0.244 e. The van der Waals surface area contributed by atoms with Gasteiger partial charge in [-0.15, -0.1) is 0 Å². The van der Waals surface area contributed by atoms with E-state index in [2.05, 4.69) is 24.9 Å². The average Bonchev–Trinajstić information content (AvgIpc) is 2.61. The van der Waals surface area contributed by atoms with Gasteiger partial charge in [-0.1, -0.05) is 30.3 Å². The maximum Gasteiger partial charge on any atom is 0.244 e. The number of likely N-dealkylation sites (N-methyl/N-ethyl adjacent to an activating group) is 1. The fraction of sp³-hybridized carbons (Fsp3) is 0.500. The zero-order valence-electron chi connectivity index (χ0n) is 12.1. The predicted octanol–water partition coefficient (Wildman–Crippen LogP) is 1.85. The van der Waals surface area contributed by atoms with E-state index in [4.69, 9.17) is 0 Å². The molecule has 2 atom stereocenters. The molecule has 0 bridgehead atoms. The van der Waals surface area contributed by atoms with Gasteiger partial charge in [0.15, 0.2) is 0 Å². The molecule has 2 rings (SSSR count). The number of benzene rings is 1. The highest BCUT2D eigenvalue weighted by Gasteiger charge is 2.30. The summed E-state index contributed by atoms with van der Waals surface area (Å²) in [5.74, 6) is -0.761. The van der Waals surface area contributed by atoms with Crippen LogP contribution in [-0.2, 0) is 4.79 Å². The van der Waals surface area contributed by atoms with Crippen LogP contribution in [0.2, 0.25) is 0 Å². The number of carbonyl (C=O) groups is 1. The molecule has 1 aliphatic heterocycles. The van der Waals surface area contributed by atoms with Crippen molar-refractivity contribution < 1.29 is 4.79 Å². The van der Waals surface area contributed by atoms with Crippen molar-refractivity contribution in [3.63, 3.8) is 0 Å². The lowest BCUT2D eigenvalue weighted by Gasteiger charge is -2.29. The summed E-state index contributed by atoms with van der Waals surface area (Å²) in [6.45, 7) is 4.64. The predicted molar refractivity (Wildman–Crippen MR) is 78.1 cm³/mol. The second kappa shape index (κ2) is 6.53. The van der Waals surface area contributed by atoms with E-state index in [9.17, 15) is 10.1 Å². The van der Waals surface area contributed by atoms with Crippen LogP contribution < -0.4 is 0 Å². The molecular weight excluding hydrogens is 250 g/mol. The molecule has 4 nitrogen and oxygen atoms in total. The molecule has 1 amide bonds. The number of nitrogens with zero attached hydrogens (tertiary/aromatic N) is 3. The van der Waals surface area contributed by atoms with Gasteiger partial charge >= 0.3 is 0 Å². The molecule has 1 aromatic carbocycles.